The SMILES string of the molecule is CC(C)(C(F)(F)CO)C(F)(F)C(=O)O. The molecule has 0 rings (SSSR count). The molecule has 84 valence electrons. The number of carbonyl (C=O) groups is 1. The fourth-order valence-corrected chi connectivity index (χ4v) is 0.695. The van der Waals surface area contributed by atoms with Crippen LogP contribution in [-0.4, -0.2) is 34.6 Å². The Balaban J connectivity index is 5.24. The molecule has 0 saturated carbocycles. The quantitative estimate of drug-likeness (QED) is 0.700. The van der Waals surface area contributed by atoms with E-state index in [4.69, 9.17) is 10.2 Å². The second-order valence-corrected chi connectivity index (χ2v) is 3.37. The highest BCUT2D eigenvalue weighted by Crippen LogP contribution is 2.47. The van der Waals surface area contributed by atoms with Crippen molar-refractivity contribution in [3.05, 3.63) is 0 Å². The number of rotatable bonds is 4. The van der Waals surface area contributed by atoms with Gasteiger partial charge in [-0.05, 0) is 13.8 Å². The van der Waals surface area contributed by atoms with Crippen molar-refractivity contribution < 1.29 is 32.6 Å². The van der Waals surface area contributed by atoms with Gasteiger partial charge < -0.3 is 10.2 Å². The van der Waals surface area contributed by atoms with Gasteiger partial charge in [0.25, 0.3) is 5.92 Å². The second kappa shape index (κ2) is 3.38. The summed E-state index contributed by atoms with van der Waals surface area (Å²) in [6.45, 7) is -1.06. The summed E-state index contributed by atoms with van der Waals surface area (Å²) in [5.41, 5.74) is -3.15. The Morgan fingerprint density at radius 3 is 1.79 bits per heavy atom. The maximum absolute atomic E-state index is 12.8. The van der Waals surface area contributed by atoms with Gasteiger partial charge in [-0.15, -0.1) is 0 Å². The lowest BCUT2D eigenvalue weighted by Gasteiger charge is -2.36. The molecule has 0 bridgehead atoms. The molecule has 3 nitrogen and oxygen atoms in total. The van der Waals surface area contributed by atoms with Gasteiger partial charge in [-0.1, -0.05) is 0 Å². The molecule has 0 radical (unpaired) electrons. The van der Waals surface area contributed by atoms with Crippen molar-refractivity contribution in [2.75, 3.05) is 6.61 Å². The van der Waals surface area contributed by atoms with Crippen LogP contribution >= 0.6 is 0 Å². The third-order valence-electron chi connectivity index (χ3n) is 2.17. The van der Waals surface area contributed by atoms with Gasteiger partial charge in [-0.2, -0.15) is 8.78 Å². The molecule has 7 heteroatoms. The van der Waals surface area contributed by atoms with Crippen molar-refractivity contribution >= 4 is 5.97 Å². The van der Waals surface area contributed by atoms with E-state index >= 15 is 0 Å². The highest BCUT2D eigenvalue weighted by Gasteiger charge is 2.65. The van der Waals surface area contributed by atoms with E-state index in [1.165, 1.54) is 0 Å². The van der Waals surface area contributed by atoms with Crippen LogP contribution in [0.15, 0.2) is 0 Å². The molecule has 2 N–H and O–H groups in total. The molecule has 0 aliphatic rings. The molecule has 0 amide bonds. The van der Waals surface area contributed by atoms with Gasteiger partial charge >= 0.3 is 11.9 Å². The van der Waals surface area contributed by atoms with Crippen LogP contribution in [-0.2, 0) is 4.79 Å². The molecular weight excluding hydrogens is 208 g/mol. The molecule has 0 atom stereocenters. The van der Waals surface area contributed by atoms with Crippen LogP contribution in [0.2, 0.25) is 0 Å². The fourth-order valence-electron chi connectivity index (χ4n) is 0.695. The lowest BCUT2D eigenvalue weighted by molar-refractivity contribution is -0.242. The number of halogens is 4. The van der Waals surface area contributed by atoms with E-state index in [2.05, 4.69) is 0 Å². The maximum atomic E-state index is 12.8. The number of hydrogen-bond acceptors (Lipinski definition) is 2. The van der Waals surface area contributed by atoms with Gasteiger partial charge in [0.2, 0.25) is 0 Å². The molecule has 0 saturated heterocycles. The van der Waals surface area contributed by atoms with Gasteiger partial charge in [-0.3, -0.25) is 0 Å². The topological polar surface area (TPSA) is 57.5 Å². The predicted octanol–water partition coefficient (Wildman–Crippen LogP) is 1.36. The van der Waals surface area contributed by atoms with Crippen molar-refractivity contribution in [2.45, 2.75) is 25.7 Å². The van der Waals surface area contributed by atoms with E-state index in [0.29, 0.717) is 13.8 Å². The standard InChI is InChI=1S/C7H10F4O3/c1-5(2,6(8,9)3-12)7(10,11)4(13)14/h12H,3H2,1-2H3,(H,13,14). The highest BCUT2D eigenvalue weighted by atomic mass is 19.3. The summed E-state index contributed by atoms with van der Waals surface area (Å²) < 4.78 is 51.2. The summed E-state index contributed by atoms with van der Waals surface area (Å²) >= 11 is 0. The molecule has 0 aromatic carbocycles. The van der Waals surface area contributed by atoms with Crippen molar-refractivity contribution in [1.29, 1.82) is 0 Å². The lowest BCUT2D eigenvalue weighted by atomic mass is 9.79. The summed E-state index contributed by atoms with van der Waals surface area (Å²) in [5.74, 6) is -11.4. The Hall–Kier alpha value is -0.850. The number of carboxylic acid groups (broad SMARTS) is 1. The number of aliphatic hydroxyl groups excluding tert-OH is 1. The summed E-state index contributed by atoms with van der Waals surface area (Å²) in [5, 5.41) is 16.3. The van der Waals surface area contributed by atoms with E-state index in [9.17, 15) is 22.4 Å². The number of aliphatic carboxylic acids is 1. The third-order valence-corrected chi connectivity index (χ3v) is 2.17. The monoisotopic (exact) mass is 218 g/mol. The van der Waals surface area contributed by atoms with E-state index in [0.717, 1.165) is 0 Å². The minimum atomic E-state index is -4.61. The largest absolute Gasteiger partial charge is 0.477 e. The highest BCUT2D eigenvalue weighted by molar-refractivity contribution is 5.76. The van der Waals surface area contributed by atoms with Gasteiger partial charge in [-0.25, -0.2) is 13.6 Å². The summed E-state index contributed by atoms with van der Waals surface area (Å²) in [6, 6.07) is 0. The van der Waals surface area contributed by atoms with Crippen molar-refractivity contribution in [3.8, 4) is 0 Å². The number of hydrogen-bond donors (Lipinski definition) is 2. The average molecular weight is 218 g/mol. The zero-order valence-corrected chi connectivity index (χ0v) is 7.52. The minimum absolute atomic E-state index is 0.386. The number of carboxylic acids is 1. The summed E-state index contributed by atoms with van der Waals surface area (Å²) in [4.78, 5) is 10.1. The van der Waals surface area contributed by atoms with Crippen LogP contribution in [0.4, 0.5) is 17.6 Å². The average Bonchev–Trinajstić information content (AvgIpc) is 2.03. The van der Waals surface area contributed by atoms with Crippen LogP contribution in [0, 0.1) is 5.41 Å². The Bertz CT molecular complexity index is 237. The lowest BCUT2D eigenvalue weighted by Crippen LogP contribution is -2.55. The van der Waals surface area contributed by atoms with Crippen LogP contribution in [0.25, 0.3) is 0 Å². The van der Waals surface area contributed by atoms with Crippen LogP contribution in [0.1, 0.15) is 13.8 Å². The number of aliphatic hydroxyl groups is 1. The van der Waals surface area contributed by atoms with Crippen LogP contribution < -0.4 is 0 Å². The molecule has 0 aliphatic heterocycles. The smallest absolute Gasteiger partial charge is 0.375 e. The van der Waals surface area contributed by atoms with Gasteiger partial charge in [0.15, 0.2) is 0 Å². The molecule has 0 fully saturated rings. The molecule has 14 heavy (non-hydrogen) atoms. The Labute approximate surface area is 77.3 Å². The number of alkyl halides is 4. The first-order valence-corrected chi connectivity index (χ1v) is 3.60. The Morgan fingerprint density at radius 1 is 1.21 bits per heavy atom. The van der Waals surface area contributed by atoms with Crippen molar-refractivity contribution in [2.24, 2.45) is 5.41 Å². The third kappa shape index (κ3) is 1.68. The van der Waals surface area contributed by atoms with Crippen LogP contribution in [0.3, 0.4) is 0 Å². The van der Waals surface area contributed by atoms with Gasteiger partial charge in [0.1, 0.15) is 12.0 Å². The van der Waals surface area contributed by atoms with Gasteiger partial charge in [0.05, 0.1) is 0 Å². The van der Waals surface area contributed by atoms with E-state index < -0.39 is 29.8 Å². The normalized spacial score (nSPS) is 14.2. The van der Waals surface area contributed by atoms with E-state index in [-0.39, 0.29) is 0 Å². The molecule has 0 aliphatic carbocycles. The minimum Gasteiger partial charge on any atom is -0.477 e. The molecule has 0 heterocycles. The van der Waals surface area contributed by atoms with Crippen molar-refractivity contribution in [1.82, 2.24) is 0 Å². The fraction of sp³-hybridized carbons (Fsp3) is 0.857. The Morgan fingerprint density at radius 2 is 1.57 bits per heavy atom. The summed E-state index contributed by atoms with van der Waals surface area (Å²) in [7, 11) is 0. The molecule has 0 unspecified atom stereocenters. The molecular formula is C7H10F4O3. The molecule has 0 aromatic rings. The van der Waals surface area contributed by atoms with E-state index in [1.807, 2.05) is 0 Å². The zero-order chi connectivity index (χ0) is 11.8. The molecule has 0 aromatic heterocycles. The first kappa shape index (κ1) is 13.2. The van der Waals surface area contributed by atoms with E-state index in [1.54, 1.807) is 0 Å². The maximum Gasteiger partial charge on any atom is 0.375 e. The predicted molar refractivity (Wildman–Crippen MR) is 38.4 cm³/mol. The first-order chi connectivity index (χ1) is 6.00. The second-order valence-electron chi connectivity index (χ2n) is 3.37. The molecule has 0 spiro atoms. The van der Waals surface area contributed by atoms with Crippen LogP contribution in [0.5, 0.6) is 0 Å². The zero-order valence-electron chi connectivity index (χ0n) is 7.52. The Kier molecular flexibility index (Phi) is 3.17. The van der Waals surface area contributed by atoms with Gasteiger partial charge in [0, 0.05) is 0 Å². The van der Waals surface area contributed by atoms with Crippen molar-refractivity contribution in [3.63, 3.8) is 0 Å². The first-order valence-electron chi connectivity index (χ1n) is 3.60. The summed E-state index contributed by atoms with van der Waals surface area (Å²) in [6.07, 6.45) is 0.